The summed E-state index contributed by atoms with van der Waals surface area (Å²) in [5, 5.41) is 17.1. The first-order valence-electron chi connectivity index (χ1n) is 5.93. The number of carbonyl (C=O) groups is 1. The summed E-state index contributed by atoms with van der Waals surface area (Å²) >= 11 is 3.29. The van der Waals surface area contributed by atoms with Gasteiger partial charge < -0.3 is 9.84 Å². The van der Waals surface area contributed by atoms with E-state index in [1.165, 1.54) is 12.3 Å². The van der Waals surface area contributed by atoms with Gasteiger partial charge in [0.1, 0.15) is 17.1 Å². The molecule has 0 aliphatic carbocycles. The second-order valence-electron chi connectivity index (χ2n) is 4.22. The van der Waals surface area contributed by atoms with Gasteiger partial charge in [-0.15, -0.1) is 10.2 Å². The molecule has 0 saturated carbocycles. The number of halogens is 1. The van der Waals surface area contributed by atoms with Crippen LogP contribution in [0.25, 0.3) is 5.65 Å². The number of carboxylic acid groups (broad SMARTS) is 1. The van der Waals surface area contributed by atoms with E-state index in [9.17, 15) is 9.90 Å². The number of hydrogen-bond donors (Lipinski definition) is 1. The predicted octanol–water partition coefficient (Wildman–Crippen LogP) is 2.69. The van der Waals surface area contributed by atoms with Crippen molar-refractivity contribution in [1.82, 2.24) is 19.6 Å². The van der Waals surface area contributed by atoms with E-state index in [-0.39, 0.29) is 17.2 Å². The Hall–Kier alpha value is -2.48. The smallest absolute Gasteiger partial charge is 0.339 e. The van der Waals surface area contributed by atoms with Gasteiger partial charge in [0.05, 0.1) is 0 Å². The van der Waals surface area contributed by atoms with Crippen molar-refractivity contribution in [3.63, 3.8) is 0 Å². The fraction of sp³-hybridized carbons (Fsp3) is 0.0769. The van der Waals surface area contributed by atoms with E-state index in [1.807, 2.05) is 0 Å². The molecule has 0 spiro atoms. The number of benzene rings is 1. The Morgan fingerprint density at radius 1 is 1.38 bits per heavy atom. The molecule has 8 heteroatoms. The zero-order chi connectivity index (χ0) is 15.0. The highest BCUT2D eigenvalue weighted by atomic mass is 79.9. The quantitative estimate of drug-likeness (QED) is 0.782. The van der Waals surface area contributed by atoms with E-state index < -0.39 is 5.97 Å². The number of nitrogens with zero attached hydrogens (tertiary/aromatic N) is 4. The van der Waals surface area contributed by atoms with Crippen LogP contribution in [0.2, 0.25) is 0 Å². The molecule has 0 fully saturated rings. The van der Waals surface area contributed by atoms with Crippen molar-refractivity contribution in [3.05, 3.63) is 46.5 Å². The highest BCUT2D eigenvalue weighted by molar-refractivity contribution is 9.10. The van der Waals surface area contributed by atoms with Crippen molar-refractivity contribution >= 4 is 27.5 Å². The first-order valence-corrected chi connectivity index (χ1v) is 6.72. The lowest BCUT2D eigenvalue weighted by atomic mass is 10.2. The van der Waals surface area contributed by atoms with Gasteiger partial charge >= 0.3 is 5.97 Å². The van der Waals surface area contributed by atoms with Crippen molar-refractivity contribution in [2.45, 2.75) is 6.92 Å². The lowest BCUT2D eigenvalue weighted by molar-refractivity contribution is 0.0694. The van der Waals surface area contributed by atoms with Gasteiger partial charge in [0.15, 0.2) is 0 Å². The van der Waals surface area contributed by atoms with Gasteiger partial charge in [-0.2, -0.15) is 0 Å². The zero-order valence-electron chi connectivity index (χ0n) is 10.8. The number of aryl methyl sites for hydroxylation is 1. The summed E-state index contributed by atoms with van der Waals surface area (Å²) in [4.78, 5) is 15.3. The zero-order valence-corrected chi connectivity index (χ0v) is 12.4. The van der Waals surface area contributed by atoms with Gasteiger partial charge in [-0.05, 0) is 25.1 Å². The van der Waals surface area contributed by atoms with Crippen LogP contribution in [0.4, 0.5) is 0 Å². The largest absolute Gasteiger partial charge is 0.478 e. The van der Waals surface area contributed by atoms with Crippen molar-refractivity contribution in [2.24, 2.45) is 0 Å². The summed E-state index contributed by atoms with van der Waals surface area (Å²) in [6, 6.07) is 4.65. The highest BCUT2D eigenvalue weighted by Gasteiger charge is 2.16. The van der Waals surface area contributed by atoms with Crippen LogP contribution in [0.5, 0.6) is 11.6 Å². The molecular formula is C13H9BrN4O3. The summed E-state index contributed by atoms with van der Waals surface area (Å²) in [6.07, 6.45) is 3.24. The van der Waals surface area contributed by atoms with Crippen LogP contribution in [-0.2, 0) is 0 Å². The first kappa shape index (κ1) is 13.5. The molecule has 3 aromatic rings. The monoisotopic (exact) mass is 348 g/mol. The summed E-state index contributed by atoms with van der Waals surface area (Å²) in [6.45, 7) is 1.80. The molecule has 21 heavy (non-hydrogen) atoms. The van der Waals surface area contributed by atoms with Crippen LogP contribution in [0, 0.1) is 6.92 Å². The molecule has 106 valence electrons. The molecule has 0 aliphatic rings. The van der Waals surface area contributed by atoms with E-state index in [0.29, 0.717) is 15.9 Å². The van der Waals surface area contributed by atoms with Gasteiger partial charge in [0.2, 0.25) is 5.65 Å². The minimum absolute atomic E-state index is 0.0400. The maximum atomic E-state index is 11.2. The number of fused-ring (bicyclic) bond motifs is 1. The van der Waals surface area contributed by atoms with Crippen LogP contribution in [0.3, 0.4) is 0 Å². The van der Waals surface area contributed by atoms with E-state index in [0.717, 1.165) is 0 Å². The second-order valence-corrected chi connectivity index (χ2v) is 5.14. The standard InChI is InChI=1S/C13H9BrN4O3/c1-7-16-17-11-12(15-4-5-18(7)11)21-10-6-8(14)2-3-9(10)13(19)20/h2-6H,1H3,(H,19,20). The minimum atomic E-state index is -1.08. The molecule has 0 saturated heterocycles. The summed E-state index contributed by atoms with van der Waals surface area (Å²) in [5.74, 6) is -0.0242. The van der Waals surface area contributed by atoms with Crippen molar-refractivity contribution in [1.29, 1.82) is 0 Å². The van der Waals surface area contributed by atoms with Crippen molar-refractivity contribution in [3.8, 4) is 11.6 Å². The van der Waals surface area contributed by atoms with E-state index >= 15 is 0 Å². The molecule has 2 heterocycles. The molecule has 0 aliphatic heterocycles. The first-order chi connectivity index (χ1) is 10.1. The number of rotatable bonds is 3. The Labute approximate surface area is 127 Å². The molecule has 2 aromatic heterocycles. The summed E-state index contributed by atoms with van der Waals surface area (Å²) < 4.78 is 8.04. The molecule has 7 nitrogen and oxygen atoms in total. The van der Waals surface area contributed by atoms with Gasteiger partial charge in [-0.1, -0.05) is 15.9 Å². The van der Waals surface area contributed by atoms with Gasteiger partial charge in [0.25, 0.3) is 5.88 Å². The van der Waals surface area contributed by atoms with Crippen LogP contribution in [0.15, 0.2) is 35.1 Å². The van der Waals surface area contributed by atoms with Gasteiger partial charge in [-0.25, -0.2) is 9.78 Å². The van der Waals surface area contributed by atoms with Crippen LogP contribution in [-0.4, -0.2) is 30.7 Å². The Kier molecular flexibility index (Phi) is 3.30. The summed E-state index contributed by atoms with van der Waals surface area (Å²) in [7, 11) is 0. The number of carboxylic acids is 1. The van der Waals surface area contributed by atoms with E-state index in [2.05, 4.69) is 31.1 Å². The molecule has 0 unspecified atom stereocenters. The fourth-order valence-corrected chi connectivity index (χ4v) is 2.19. The number of aromatic nitrogens is 4. The molecule has 1 aromatic carbocycles. The molecule has 0 radical (unpaired) electrons. The van der Waals surface area contributed by atoms with Gasteiger partial charge in [0, 0.05) is 16.9 Å². The topological polar surface area (TPSA) is 89.6 Å². The SMILES string of the molecule is Cc1nnc2c(Oc3cc(Br)ccc3C(=O)O)nccn12. The third-order valence-electron chi connectivity index (χ3n) is 2.85. The average molecular weight is 349 g/mol. The van der Waals surface area contributed by atoms with Gasteiger partial charge in [-0.3, -0.25) is 4.40 Å². The second kappa shape index (κ2) is 5.13. The lowest BCUT2D eigenvalue weighted by Gasteiger charge is -2.08. The molecule has 0 amide bonds. The normalized spacial score (nSPS) is 10.8. The van der Waals surface area contributed by atoms with Crippen molar-refractivity contribution in [2.75, 3.05) is 0 Å². The molecule has 1 N–H and O–H groups in total. The molecule has 3 rings (SSSR count). The average Bonchev–Trinajstić information content (AvgIpc) is 2.82. The molecule has 0 atom stereocenters. The number of aromatic carboxylic acids is 1. The minimum Gasteiger partial charge on any atom is -0.478 e. The predicted molar refractivity (Wildman–Crippen MR) is 76.7 cm³/mol. The number of ether oxygens (including phenoxy) is 1. The number of hydrogen-bond acceptors (Lipinski definition) is 5. The highest BCUT2D eigenvalue weighted by Crippen LogP contribution is 2.29. The van der Waals surface area contributed by atoms with E-state index in [4.69, 9.17) is 4.74 Å². The van der Waals surface area contributed by atoms with Crippen LogP contribution >= 0.6 is 15.9 Å². The third kappa shape index (κ3) is 2.45. The maximum absolute atomic E-state index is 11.2. The molecule has 0 bridgehead atoms. The Balaban J connectivity index is 2.10. The Bertz CT molecular complexity index is 847. The van der Waals surface area contributed by atoms with Crippen LogP contribution in [0.1, 0.15) is 16.2 Å². The van der Waals surface area contributed by atoms with Crippen molar-refractivity contribution < 1.29 is 14.6 Å². The van der Waals surface area contributed by atoms with Crippen LogP contribution < -0.4 is 4.74 Å². The summed E-state index contributed by atoms with van der Waals surface area (Å²) in [5.41, 5.74) is 0.463. The Morgan fingerprint density at radius 2 is 2.19 bits per heavy atom. The fourth-order valence-electron chi connectivity index (χ4n) is 1.85. The lowest BCUT2D eigenvalue weighted by Crippen LogP contribution is -2.01. The molecular weight excluding hydrogens is 340 g/mol. The maximum Gasteiger partial charge on any atom is 0.339 e. The third-order valence-corrected chi connectivity index (χ3v) is 3.34. The van der Waals surface area contributed by atoms with E-state index in [1.54, 1.807) is 29.7 Å². The Morgan fingerprint density at radius 3 is 2.95 bits per heavy atom.